The minimum Gasteiger partial charge on any atom is -0.361 e. The molecule has 1 saturated heterocycles. The van der Waals surface area contributed by atoms with E-state index in [1.54, 1.807) is 22.9 Å². The molecule has 1 aliphatic heterocycles. The van der Waals surface area contributed by atoms with Crippen molar-refractivity contribution in [1.29, 1.82) is 0 Å². The summed E-state index contributed by atoms with van der Waals surface area (Å²) in [7, 11) is 1.79. The van der Waals surface area contributed by atoms with Gasteiger partial charge in [0.25, 0.3) is 5.91 Å². The van der Waals surface area contributed by atoms with Gasteiger partial charge in [-0.25, -0.2) is 0 Å². The van der Waals surface area contributed by atoms with Gasteiger partial charge in [0.15, 0.2) is 5.69 Å². The van der Waals surface area contributed by atoms with Crippen LogP contribution in [0.3, 0.4) is 0 Å². The van der Waals surface area contributed by atoms with Crippen LogP contribution >= 0.6 is 0 Å². The molecular weight excluding hydrogens is 282 g/mol. The molecule has 2 rings (SSSR count). The van der Waals surface area contributed by atoms with E-state index in [9.17, 15) is 9.59 Å². The number of aryl methyl sites for hydroxylation is 1. The molecule has 0 radical (unpaired) electrons. The van der Waals surface area contributed by atoms with Crippen LogP contribution in [0.2, 0.25) is 0 Å². The summed E-state index contributed by atoms with van der Waals surface area (Å²) >= 11 is 0. The Labute approximate surface area is 131 Å². The highest BCUT2D eigenvalue weighted by Crippen LogP contribution is 2.19. The van der Waals surface area contributed by atoms with E-state index in [0.29, 0.717) is 25.2 Å². The molecule has 2 amide bonds. The van der Waals surface area contributed by atoms with Crippen LogP contribution < -0.4 is 0 Å². The van der Waals surface area contributed by atoms with Crippen molar-refractivity contribution < 1.29 is 14.1 Å². The first-order valence-corrected chi connectivity index (χ1v) is 8.10. The number of likely N-dealkylation sites (N-methyl/N-ethyl adjacent to an activating group) is 1. The zero-order valence-corrected chi connectivity index (χ0v) is 13.7. The van der Waals surface area contributed by atoms with E-state index in [2.05, 4.69) is 12.1 Å². The van der Waals surface area contributed by atoms with E-state index in [1.165, 1.54) is 0 Å². The maximum atomic E-state index is 12.7. The van der Waals surface area contributed by atoms with Crippen LogP contribution in [0, 0.1) is 0 Å². The average molecular weight is 307 g/mol. The van der Waals surface area contributed by atoms with Gasteiger partial charge >= 0.3 is 0 Å². The predicted molar refractivity (Wildman–Crippen MR) is 82.5 cm³/mol. The summed E-state index contributed by atoms with van der Waals surface area (Å²) in [5, 5.41) is 3.88. The number of hydrogen-bond donors (Lipinski definition) is 0. The maximum absolute atomic E-state index is 12.7. The van der Waals surface area contributed by atoms with Crippen LogP contribution in [0.4, 0.5) is 0 Å². The monoisotopic (exact) mass is 307 g/mol. The van der Waals surface area contributed by atoms with Crippen molar-refractivity contribution in [3.63, 3.8) is 0 Å². The fraction of sp³-hybridized carbons (Fsp3) is 0.688. The molecule has 22 heavy (non-hydrogen) atoms. The molecule has 2 heterocycles. The lowest BCUT2D eigenvalue weighted by Gasteiger charge is -2.38. The second kappa shape index (κ2) is 7.42. The van der Waals surface area contributed by atoms with Gasteiger partial charge in [-0.2, -0.15) is 0 Å². The molecule has 1 fully saturated rings. The summed E-state index contributed by atoms with van der Waals surface area (Å²) in [4.78, 5) is 28.4. The Balaban J connectivity index is 2.15. The Bertz CT molecular complexity index is 526. The number of rotatable bonds is 6. The normalized spacial score (nSPS) is 18.9. The Kier molecular flexibility index (Phi) is 5.57. The van der Waals surface area contributed by atoms with Crippen LogP contribution in [0.1, 0.15) is 55.8 Å². The summed E-state index contributed by atoms with van der Waals surface area (Å²) in [5.41, 5.74) is 0.308. The number of aromatic nitrogens is 1. The Morgan fingerprint density at radius 1 is 1.36 bits per heavy atom. The smallest absolute Gasteiger partial charge is 0.276 e. The van der Waals surface area contributed by atoms with Crippen LogP contribution in [-0.2, 0) is 11.2 Å². The third kappa shape index (κ3) is 3.48. The molecule has 0 bridgehead atoms. The Morgan fingerprint density at radius 3 is 2.82 bits per heavy atom. The lowest BCUT2D eigenvalue weighted by Crippen LogP contribution is -2.57. The standard InChI is InChI=1S/C16H25N3O3/c1-4-6-8-14-16(21)18(3)9-10-19(14)15(20)13-11-12(7-5-2)22-17-13/h11,14H,4-10H2,1-3H3/t14-/m1/s1. The van der Waals surface area contributed by atoms with E-state index in [0.717, 1.165) is 31.4 Å². The SMILES string of the molecule is CCCC[C@@H]1C(=O)N(C)CCN1C(=O)c1cc(CCC)on1. The van der Waals surface area contributed by atoms with Crippen molar-refractivity contribution in [2.75, 3.05) is 20.1 Å². The predicted octanol–water partition coefficient (Wildman–Crippen LogP) is 2.10. The minimum atomic E-state index is -0.377. The maximum Gasteiger partial charge on any atom is 0.276 e. The highest BCUT2D eigenvalue weighted by molar-refractivity contribution is 5.96. The van der Waals surface area contributed by atoms with Crippen LogP contribution in [0.15, 0.2) is 10.6 Å². The van der Waals surface area contributed by atoms with E-state index >= 15 is 0 Å². The number of carbonyl (C=O) groups is 2. The third-order valence-electron chi connectivity index (χ3n) is 4.08. The Hall–Kier alpha value is -1.85. The first kappa shape index (κ1) is 16.5. The Morgan fingerprint density at radius 2 is 2.14 bits per heavy atom. The molecule has 0 unspecified atom stereocenters. The van der Waals surface area contributed by atoms with Gasteiger partial charge in [-0.3, -0.25) is 9.59 Å². The summed E-state index contributed by atoms with van der Waals surface area (Å²) in [6.45, 7) is 5.24. The van der Waals surface area contributed by atoms with E-state index in [1.807, 2.05) is 6.92 Å². The van der Waals surface area contributed by atoms with Gasteiger partial charge in [0.1, 0.15) is 11.8 Å². The van der Waals surface area contributed by atoms with Gasteiger partial charge in [0, 0.05) is 32.6 Å². The molecule has 6 nitrogen and oxygen atoms in total. The first-order chi connectivity index (χ1) is 10.6. The second-order valence-electron chi connectivity index (χ2n) is 5.84. The zero-order chi connectivity index (χ0) is 16.1. The number of carbonyl (C=O) groups excluding carboxylic acids is 2. The number of nitrogens with zero attached hydrogens (tertiary/aromatic N) is 3. The molecule has 1 aromatic heterocycles. The highest BCUT2D eigenvalue weighted by atomic mass is 16.5. The number of unbranched alkanes of at least 4 members (excludes halogenated alkanes) is 1. The summed E-state index contributed by atoms with van der Waals surface area (Å²) in [5.74, 6) is 0.537. The second-order valence-corrected chi connectivity index (χ2v) is 5.84. The molecule has 1 aliphatic rings. The molecule has 122 valence electrons. The molecule has 1 atom stereocenters. The fourth-order valence-corrected chi connectivity index (χ4v) is 2.76. The van der Waals surface area contributed by atoms with Gasteiger partial charge in [0.2, 0.25) is 5.91 Å². The first-order valence-electron chi connectivity index (χ1n) is 8.10. The van der Waals surface area contributed by atoms with Crippen molar-refractivity contribution in [1.82, 2.24) is 15.0 Å². The third-order valence-corrected chi connectivity index (χ3v) is 4.08. The molecular formula is C16H25N3O3. The lowest BCUT2D eigenvalue weighted by atomic mass is 10.0. The van der Waals surface area contributed by atoms with Gasteiger partial charge in [-0.1, -0.05) is 31.8 Å². The van der Waals surface area contributed by atoms with Crippen LogP contribution in [-0.4, -0.2) is 52.9 Å². The average Bonchev–Trinajstić information content (AvgIpc) is 2.97. The fourth-order valence-electron chi connectivity index (χ4n) is 2.76. The van der Waals surface area contributed by atoms with Crippen molar-refractivity contribution in [3.8, 4) is 0 Å². The van der Waals surface area contributed by atoms with Gasteiger partial charge in [-0.15, -0.1) is 0 Å². The molecule has 0 spiro atoms. The van der Waals surface area contributed by atoms with Crippen LogP contribution in [0.5, 0.6) is 0 Å². The number of piperazine rings is 1. The topological polar surface area (TPSA) is 66.7 Å². The number of amides is 2. The molecule has 0 saturated carbocycles. The van der Waals surface area contributed by atoms with Crippen molar-refractivity contribution >= 4 is 11.8 Å². The van der Waals surface area contributed by atoms with E-state index in [4.69, 9.17) is 4.52 Å². The molecule has 0 aromatic carbocycles. The van der Waals surface area contributed by atoms with E-state index < -0.39 is 0 Å². The summed E-state index contributed by atoms with van der Waals surface area (Å²) < 4.78 is 5.19. The molecule has 6 heteroatoms. The van der Waals surface area contributed by atoms with Gasteiger partial charge < -0.3 is 14.3 Å². The minimum absolute atomic E-state index is 0.0188. The molecule has 0 N–H and O–H groups in total. The summed E-state index contributed by atoms with van der Waals surface area (Å²) in [6, 6.07) is 1.32. The van der Waals surface area contributed by atoms with Crippen molar-refractivity contribution in [2.45, 2.75) is 52.0 Å². The van der Waals surface area contributed by atoms with Crippen LogP contribution in [0.25, 0.3) is 0 Å². The van der Waals surface area contributed by atoms with Crippen molar-refractivity contribution in [2.24, 2.45) is 0 Å². The molecule has 0 aliphatic carbocycles. The summed E-state index contributed by atoms with van der Waals surface area (Å²) in [6.07, 6.45) is 4.33. The zero-order valence-electron chi connectivity index (χ0n) is 13.7. The number of hydrogen-bond acceptors (Lipinski definition) is 4. The quantitative estimate of drug-likeness (QED) is 0.807. The lowest BCUT2D eigenvalue weighted by molar-refractivity contribution is -0.138. The largest absolute Gasteiger partial charge is 0.361 e. The highest BCUT2D eigenvalue weighted by Gasteiger charge is 2.36. The van der Waals surface area contributed by atoms with Crippen molar-refractivity contribution in [3.05, 3.63) is 17.5 Å². The molecule has 1 aromatic rings. The van der Waals surface area contributed by atoms with Gasteiger partial charge in [0.05, 0.1) is 0 Å². The van der Waals surface area contributed by atoms with E-state index in [-0.39, 0.29) is 17.9 Å². The van der Waals surface area contributed by atoms with Gasteiger partial charge in [-0.05, 0) is 12.8 Å².